The molecular formula is C21H22FNO4. The van der Waals surface area contributed by atoms with Crippen molar-refractivity contribution in [2.24, 2.45) is 5.92 Å². The zero-order chi connectivity index (χ0) is 18.6. The number of piperidine rings is 1. The van der Waals surface area contributed by atoms with E-state index in [1.807, 2.05) is 4.90 Å². The largest absolute Gasteiger partial charge is 0.491 e. The van der Waals surface area contributed by atoms with Crippen LogP contribution in [-0.2, 0) is 0 Å². The highest BCUT2D eigenvalue weighted by atomic mass is 19.1. The molecule has 4 rings (SSSR count). The van der Waals surface area contributed by atoms with Crippen LogP contribution in [0.15, 0.2) is 42.5 Å². The summed E-state index contributed by atoms with van der Waals surface area (Å²) in [5.41, 5.74) is 0.626. The average Bonchev–Trinajstić information content (AvgIpc) is 3.17. The van der Waals surface area contributed by atoms with Crippen molar-refractivity contribution >= 4 is 5.91 Å². The molecule has 1 saturated heterocycles. The highest BCUT2D eigenvalue weighted by Gasteiger charge is 2.25. The molecule has 1 amide bonds. The number of rotatable bonds is 5. The van der Waals surface area contributed by atoms with E-state index < -0.39 is 0 Å². The van der Waals surface area contributed by atoms with Crippen LogP contribution in [0.5, 0.6) is 17.2 Å². The lowest BCUT2D eigenvalue weighted by Crippen LogP contribution is -2.38. The van der Waals surface area contributed by atoms with Gasteiger partial charge in [0.2, 0.25) is 6.79 Å². The Bertz CT molecular complexity index is 818. The van der Waals surface area contributed by atoms with Gasteiger partial charge in [0.25, 0.3) is 5.91 Å². The molecule has 0 saturated carbocycles. The second-order valence-electron chi connectivity index (χ2n) is 6.87. The number of halogens is 1. The summed E-state index contributed by atoms with van der Waals surface area (Å²) in [5.74, 6) is 1.78. The highest BCUT2D eigenvalue weighted by molar-refractivity contribution is 5.95. The standard InChI is InChI=1S/C21H22FNO4/c22-17-3-1-2-4-18(17)25-12-9-15-7-10-23(11-8-15)21(24)16-5-6-19-20(13-16)27-14-26-19/h1-6,13,15H,7-12,14H2. The second kappa shape index (κ2) is 7.86. The first-order valence-electron chi connectivity index (χ1n) is 9.27. The lowest BCUT2D eigenvalue weighted by molar-refractivity contribution is 0.0679. The first-order valence-corrected chi connectivity index (χ1v) is 9.27. The van der Waals surface area contributed by atoms with Crippen LogP contribution >= 0.6 is 0 Å². The minimum atomic E-state index is -0.332. The second-order valence-corrected chi connectivity index (χ2v) is 6.87. The Kier molecular flexibility index (Phi) is 5.14. The number of likely N-dealkylation sites (tertiary alicyclic amines) is 1. The summed E-state index contributed by atoms with van der Waals surface area (Å²) in [6.07, 6.45) is 2.72. The van der Waals surface area contributed by atoms with Crippen molar-refractivity contribution in [2.45, 2.75) is 19.3 Å². The first kappa shape index (κ1) is 17.6. The number of carbonyl (C=O) groups is 1. The van der Waals surface area contributed by atoms with E-state index in [-0.39, 0.29) is 18.5 Å². The number of ether oxygens (including phenoxy) is 3. The summed E-state index contributed by atoms with van der Waals surface area (Å²) in [5, 5.41) is 0. The minimum Gasteiger partial charge on any atom is -0.491 e. The fourth-order valence-electron chi connectivity index (χ4n) is 3.53. The highest BCUT2D eigenvalue weighted by Crippen LogP contribution is 2.33. The van der Waals surface area contributed by atoms with Crippen molar-refractivity contribution in [1.82, 2.24) is 4.90 Å². The molecule has 6 heteroatoms. The van der Waals surface area contributed by atoms with Crippen molar-refractivity contribution in [3.05, 3.63) is 53.8 Å². The molecule has 142 valence electrons. The molecule has 27 heavy (non-hydrogen) atoms. The Labute approximate surface area is 157 Å². The molecule has 2 heterocycles. The van der Waals surface area contributed by atoms with Crippen molar-refractivity contribution in [2.75, 3.05) is 26.5 Å². The van der Waals surface area contributed by atoms with Gasteiger partial charge in [-0.25, -0.2) is 4.39 Å². The summed E-state index contributed by atoms with van der Waals surface area (Å²) < 4.78 is 29.7. The number of fused-ring (bicyclic) bond motifs is 1. The summed E-state index contributed by atoms with van der Waals surface area (Å²) in [4.78, 5) is 14.6. The average molecular weight is 371 g/mol. The van der Waals surface area contributed by atoms with E-state index in [1.54, 1.807) is 36.4 Å². The van der Waals surface area contributed by atoms with Gasteiger partial charge in [0.1, 0.15) is 0 Å². The predicted molar refractivity (Wildman–Crippen MR) is 97.7 cm³/mol. The van der Waals surface area contributed by atoms with E-state index in [9.17, 15) is 9.18 Å². The topological polar surface area (TPSA) is 48.0 Å². The lowest BCUT2D eigenvalue weighted by atomic mass is 9.93. The van der Waals surface area contributed by atoms with Gasteiger partial charge in [-0.15, -0.1) is 0 Å². The fourth-order valence-corrected chi connectivity index (χ4v) is 3.53. The van der Waals surface area contributed by atoms with E-state index >= 15 is 0 Å². The molecule has 1 fully saturated rings. The van der Waals surface area contributed by atoms with E-state index in [0.29, 0.717) is 35.3 Å². The number of amides is 1. The normalized spacial score (nSPS) is 16.4. The first-order chi connectivity index (χ1) is 13.2. The number of hydrogen-bond acceptors (Lipinski definition) is 4. The van der Waals surface area contributed by atoms with Crippen molar-refractivity contribution < 1.29 is 23.4 Å². The van der Waals surface area contributed by atoms with Gasteiger partial charge < -0.3 is 19.1 Å². The molecule has 0 radical (unpaired) electrons. The Morgan fingerprint density at radius 3 is 2.70 bits per heavy atom. The SMILES string of the molecule is O=C(c1ccc2c(c1)OCO2)N1CCC(CCOc2ccccc2F)CC1. The molecule has 2 aromatic carbocycles. The van der Waals surface area contributed by atoms with Gasteiger partial charge in [0.15, 0.2) is 23.1 Å². The Morgan fingerprint density at radius 1 is 1.11 bits per heavy atom. The van der Waals surface area contributed by atoms with Crippen LogP contribution in [-0.4, -0.2) is 37.3 Å². The molecule has 0 bridgehead atoms. The molecule has 2 aliphatic heterocycles. The summed E-state index contributed by atoms with van der Waals surface area (Å²) in [7, 11) is 0. The smallest absolute Gasteiger partial charge is 0.253 e. The molecule has 0 aromatic heterocycles. The van der Waals surface area contributed by atoms with Gasteiger partial charge in [-0.3, -0.25) is 4.79 Å². The van der Waals surface area contributed by atoms with Crippen LogP contribution in [0.3, 0.4) is 0 Å². The Morgan fingerprint density at radius 2 is 1.89 bits per heavy atom. The van der Waals surface area contributed by atoms with Crippen molar-refractivity contribution in [3.63, 3.8) is 0 Å². The summed E-state index contributed by atoms with van der Waals surface area (Å²) in [6, 6.07) is 11.8. The van der Waals surface area contributed by atoms with E-state index in [2.05, 4.69) is 0 Å². The van der Waals surface area contributed by atoms with Crippen LogP contribution < -0.4 is 14.2 Å². The number of nitrogens with zero attached hydrogens (tertiary/aromatic N) is 1. The third kappa shape index (κ3) is 3.99. The number of carbonyl (C=O) groups excluding carboxylic acids is 1. The third-order valence-electron chi connectivity index (χ3n) is 5.14. The monoisotopic (exact) mass is 371 g/mol. The maximum atomic E-state index is 13.6. The Hall–Kier alpha value is -2.76. The summed E-state index contributed by atoms with van der Waals surface area (Å²) in [6.45, 7) is 2.13. The van der Waals surface area contributed by atoms with E-state index in [1.165, 1.54) is 6.07 Å². The third-order valence-corrected chi connectivity index (χ3v) is 5.14. The van der Waals surface area contributed by atoms with Crippen LogP contribution in [0.25, 0.3) is 0 Å². The quantitative estimate of drug-likeness (QED) is 0.800. The molecule has 0 spiro atoms. The minimum absolute atomic E-state index is 0.0226. The van der Waals surface area contributed by atoms with Gasteiger partial charge in [0, 0.05) is 18.7 Å². The molecule has 0 atom stereocenters. The van der Waals surface area contributed by atoms with Crippen molar-refractivity contribution in [3.8, 4) is 17.2 Å². The van der Waals surface area contributed by atoms with E-state index in [4.69, 9.17) is 14.2 Å². The maximum absolute atomic E-state index is 13.6. The predicted octanol–water partition coefficient (Wildman–Crippen LogP) is 3.88. The molecule has 0 N–H and O–H groups in total. The number of benzene rings is 2. The van der Waals surface area contributed by atoms with Crippen LogP contribution in [0.4, 0.5) is 4.39 Å². The van der Waals surface area contributed by atoms with Crippen molar-refractivity contribution in [1.29, 1.82) is 0 Å². The molecule has 2 aliphatic rings. The number of hydrogen-bond donors (Lipinski definition) is 0. The molecule has 2 aromatic rings. The lowest BCUT2D eigenvalue weighted by Gasteiger charge is -2.32. The van der Waals surface area contributed by atoms with Crippen LogP contribution in [0.1, 0.15) is 29.6 Å². The molecule has 0 aliphatic carbocycles. The van der Waals surface area contributed by atoms with Gasteiger partial charge >= 0.3 is 0 Å². The summed E-state index contributed by atoms with van der Waals surface area (Å²) >= 11 is 0. The van der Waals surface area contributed by atoms with Crippen LogP contribution in [0, 0.1) is 11.7 Å². The molecular weight excluding hydrogens is 349 g/mol. The van der Waals surface area contributed by atoms with Gasteiger partial charge in [-0.2, -0.15) is 0 Å². The van der Waals surface area contributed by atoms with Gasteiger partial charge in [0.05, 0.1) is 6.61 Å². The zero-order valence-corrected chi connectivity index (χ0v) is 15.0. The van der Waals surface area contributed by atoms with Crippen LogP contribution in [0.2, 0.25) is 0 Å². The fraction of sp³-hybridized carbons (Fsp3) is 0.381. The maximum Gasteiger partial charge on any atom is 0.253 e. The number of para-hydroxylation sites is 1. The zero-order valence-electron chi connectivity index (χ0n) is 15.0. The Balaban J connectivity index is 1.25. The van der Waals surface area contributed by atoms with Gasteiger partial charge in [-0.05, 0) is 55.5 Å². The van der Waals surface area contributed by atoms with Gasteiger partial charge in [-0.1, -0.05) is 12.1 Å². The van der Waals surface area contributed by atoms with E-state index in [0.717, 1.165) is 32.4 Å². The molecule has 0 unspecified atom stereocenters. The molecule has 5 nitrogen and oxygen atoms in total.